The Kier molecular flexibility index (Phi) is 5.06. The van der Waals surface area contributed by atoms with Gasteiger partial charge in [-0.05, 0) is 61.1 Å². The lowest BCUT2D eigenvalue weighted by Gasteiger charge is -2.30. The number of rotatable bonds is 3. The molecule has 1 saturated heterocycles. The van der Waals surface area contributed by atoms with Crippen LogP contribution in [0, 0.1) is 5.92 Å². The molecule has 1 aliphatic carbocycles. The van der Waals surface area contributed by atoms with Crippen LogP contribution in [0.2, 0.25) is 0 Å². The average molecular weight is 359 g/mol. The van der Waals surface area contributed by atoms with E-state index >= 15 is 0 Å². The van der Waals surface area contributed by atoms with Gasteiger partial charge in [-0.2, -0.15) is 0 Å². The summed E-state index contributed by atoms with van der Waals surface area (Å²) in [4.78, 5) is 16.1. The number of amides is 1. The van der Waals surface area contributed by atoms with Gasteiger partial charge in [0, 0.05) is 17.8 Å². The van der Waals surface area contributed by atoms with E-state index in [0.717, 1.165) is 24.3 Å². The number of carbonyl (C=O) groups is 1. The van der Waals surface area contributed by atoms with Crippen LogP contribution in [-0.4, -0.2) is 43.7 Å². The molecule has 2 fully saturated rings. The Hall–Kier alpha value is -1.43. The van der Waals surface area contributed by atoms with Crippen LogP contribution in [0.15, 0.2) is 24.3 Å². The Morgan fingerprint density at radius 1 is 1.16 bits per heavy atom. The van der Waals surface area contributed by atoms with Crippen molar-refractivity contribution in [2.75, 3.05) is 32.8 Å². The van der Waals surface area contributed by atoms with Crippen molar-refractivity contribution >= 4 is 27.3 Å². The lowest BCUT2D eigenvalue weighted by molar-refractivity contribution is 0.0305. The van der Waals surface area contributed by atoms with Gasteiger partial charge in [-0.1, -0.05) is 18.2 Å². The largest absolute Gasteiger partial charge is 0.378 e. The number of morpholine rings is 1. The zero-order chi connectivity index (χ0) is 17.2. The summed E-state index contributed by atoms with van der Waals surface area (Å²) >= 11 is 1.67. The number of hydrogen-bond acceptors (Lipinski definition) is 4. The predicted octanol–water partition coefficient (Wildman–Crippen LogP) is 3.61. The lowest BCUT2D eigenvalue weighted by Crippen LogP contribution is -2.40. The zero-order valence-electron chi connectivity index (χ0n) is 14.6. The fraction of sp³-hybridized carbons (Fsp3) is 0.550. The number of thiophene rings is 1. The number of nitrogens with zero attached hydrogens (tertiary/aromatic N) is 1. The topological polar surface area (TPSA) is 55.6 Å². The molecule has 1 saturated carbocycles. The summed E-state index contributed by atoms with van der Waals surface area (Å²) in [6.07, 6.45) is 4.64. The van der Waals surface area contributed by atoms with Gasteiger partial charge in [0.1, 0.15) is 0 Å². The molecule has 134 valence electrons. The van der Waals surface area contributed by atoms with E-state index in [-0.39, 0.29) is 5.91 Å². The van der Waals surface area contributed by atoms with Crippen molar-refractivity contribution in [1.29, 1.82) is 0 Å². The Bertz CT molecular complexity index is 743. The van der Waals surface area contributed by atoms with Gasteiger partial charge in [-0.3, -0.25) is 4.79 Å². The maximum atomic E-state index is 13.2. The fourth-order valence-corrected chi connectivity index (χ4v) is 5.48. The summed E-state index contributed by atoms with van der Waals surface area (Å²) in [5.74, 6) is 1.33. The molecule has 0 radical (unpaired) electrons. The molecule has 0 spiro atoms. The summed E-state index contributed by atoms with van der Waals surface area (Å²) in [7, 11) is 0. The second kappa shape index (κ2) is 7.44. The van der Waals surface area contributed by atoms with E-state index in [2.05, 4.69) is 24.3 Å². The third-order valence-electron chi connectivity index (χ3n) is 5.71. The van der Waals surface area contributed by atoms with Crippen molar-refractivity contribution in [2.24, 2.45) is 11.7 Å². The van der Waals surface area contributed by atoms with Crippen LogP contribution in [0.4, 0.5) is 0 Å². The first-order chi connectivity index (χ1) is 12.3. The molecule has 1 aromatic carbocycles. The lowest BCUT2D eigenvalue weighted by atomic mass is 9.78. The molecule has 1 aliphatic heterocycles. The third-order valence-corrected chi connectivity index (χ3v) is 6.89. The Labute approximate surface area is 152 Å². The minimum Gasteiger partial charge on any atom is -0.378 e. The highest BCUT2D eigenvalue weighted by atomic mass is 32.1. The fourth-order valence-electron chi connectivity index (χ4n) is 4.23. The smallest absolute Gasteiger partial charge is 0.264 e. The molecule has 2 heterocycles. The van der Waals surface area contributed by atoms with E-state index in [1.54, 1.807) is 11.3 Å². The van der Waals surface area contributed by atoms with Crippen LogP contribution in [-0.2, 0) is 4.74 Å². The van der Waals surface area contributed by atoms with Crippen LogP contribution in [0.5, 0.6) is 0 Å². The maximum Gasteiger partial charge on any atom is 0.264 e. The first-order valence-corrected chi connectivity index (χ1v) is 10.2. The molecule has 2 aromatic rings. The van der Waals surface area contributed by atoms with Gasteiger partial charge in [-0.25, -0.2) is 0 Å². The first-order valence-electron chi connectivity index (χ1n) is 9.36. The standard InChI is InChI=1S/C20H26N2O2S/c21-13-14-5-7-15(8-6-14)18-16-3-1-2-4-17(16)25-19(18)20(23)22-9-11-24-12-10-22/h1-4,14-15H,5-13,21H2. The first kappa shape index (κ1) is 17.0. The SMILES string of the molecule is NCC1CCC(c2c(C(=O)N3CCOCC3)sc3ccccc23)CC1. The summed E-state index contributed by atoms with van der Waals surface area (Å²) < 4.78 is 6.64. The van der Waals surface area contributed by atoms with Crippen molar-refractivity contribution in [3.05, 3.63) is 34.7 Å². The van der Waals surface area contributed by atoms with Crippen LogP contribution in [0.1, 0.15) is 46.8 Å². The molecule has 2 N–H and O–H groups in total. The number of fused-ring (bicyclic) bond motifs is 1. The molecule has 0 unspecified atom stereocenters. The number of ether oxygens (including phenoxy) is 1. The van der Waals surface area contributed by atoms with Crippen LogP contribution in [0.3, 0.4) is 0 Å². The molecular weight excluding hydrogens is 332 g/mol. The summed E-state index contributed by atoms with van der Waals surface area (Å²) in [5.41, 5.74) is 7.16. The van der Waals surface area contributed by atoms with Gasteiger partial charge in [0.15, 0.2) is 0 Å². The number of nitrogens with two attached hydrogens (primary N) is 1. The predicted molar refractivity (Wildman–Crippen MR) is 102 cm³/mol. The highest BCUT2D eigenvalue weighted by Gasteiger charge is 2.30. The van der Waals surface area contributed by atoms with E-state index in [9.17, 15) is 4.79 Å². The van der Waals surface area contributed by atoms with Crippen LogP contribution in [0.25, 0.3) is 10.1 Å². The third kappa shape index (κ3) is 3.33. The van der Waals surface area contributed by atoms with Gasteiger partial charge in [0.25, 0.3) is 5.91 Å². The number of hydrogen-bond donors (Lipinski definition) is 1. The van der Waals surface area contributed by atoms with Gasteiger partial charge in [0.05, 0.1) is 18.1 Å². The quantitative estimate of drug-likeness (QED) is 0.912. The minimum absolute atomic E-state index is 0.195. The molecular formula is C20H26N2O2S. The molecule has 4 rings (SSSR count). The van der Waals surface area contributed by atoms with Gasteiger partial charge in [-0.15, -0.1) is 11.3 Å². The van der Waals surface area contributed by atoms with Crippen molar-refractivity contribution < 1.29 is 9.53 Å². The van der Waals surface area contributed by atoms with Gasteiger partial charge in [0.2, 0.25) is 0 Å². The van der Waals surface area contributed by atoms with E-state index in [1.807, 2.05) is 4.90 Å². The summed E-state index contributed by atoms with van der Waals surface area (Å²) in [6.45, 7) is 3.48. The zero-order valence-corrected chi connectivity index (χ0v) is 15.4. The normalized spacial score (nSPS) is 24.6. The molecule has 4 nitrogen and oxygen atoms in total. The highest BCUT2D eigenvalue weighted by molar-refractivity contribution is 7.21. The average Bonchev–Trinajstić information content (AvgIpc) is 3.07. The van der Waals surface area contributed by atoms with Gasteiger partial charge >= 0.3 is 0 Å². The molecule has 5 heteroatoms. The Balaban J connectivity index is 1.69. The van der Waals surface area contributed by atoms with E-state index in [1.165, 1.54) is 28.5 Å². The number of carbonyl (C=O) groups excluding carboxylic acids is 1. The van der Waals surface area contributed by atoms with Crippen molar-refractivity contribution in [2.45, 2.75) is 31.6 Å². The second-order valence-electron chi connectivity index (χ2n) is 7.20. The molecule has 0 bridgehead atoms. The number of benzene rings is 1. The Morgan fingerprint density at radius 3 is 2.60 bits per heavy atom. The molecule has 1 aromatic heterocycles. The molecule has 0 atom stereocenters. The van der Waals surface area contributed by atoms with E-state index in [0.29, 0.717) is 38.1 Å². The molecule has 1 amide bonds. The van der Waals surface area contributed by atoms with Crippen molar-refractivity contribution in [1.82, 2.24) is 4.90 Å². The van der Waals surface area contributed by atoms with Gasteiger partial charge < -0.3 is 15.4 Å². The Morgan fingerprint density at radius 2 is 1.88 bits per heavy atom. The second-order valence-corrected chi connectivity index (χ2v) is 8.25. The van der Waals surface area contributed by atoms with Crippen molar-refractivity contribution in [3.8, 4) is 0 Å². The maximum absolute atomic E-state index is 13.2. The highest BCUT2D eigenvalue weighted by Crippen LogP contribution is 2.44. The summed E-state index contributed by atoms with van der Waals surface area (Å²) in [6, 6.07) is 8.49. The monoisotopic (exact) mass is 358 g/mol. The van der Waals surface area contributed by atoms with Crippen LogP contribution >= 0.6 is 11.3 Å². The van der Waals surface area contributed by atoms with E-state index in [4.69, 9.17) is 10.5 Å². The van der Waals surface area contributed by atoms with Crippen LogP contribution < -0.4 is 5.73 Å². The summed E-state index contributed by atoms with van der Waals surface area (Å²) in [5, 5.41) is 1.28. The van der Waals surface area contributed by atoms with E-state index < -0.39 is 0 Å². The minimum atomic E-state index is 0.195. The molecule has 25 heavy (non-hydrogen) atoms. The van der Waals surface area contributed by atoms with Crippen molar-refractivity contribution in [3.63, 3.8) is 0 Å². The molecule has 2 aliphatic rings.